The molecule has 0 aliphatic heterocycles. The highest BCUT2D eigenvalue weighted by Gasteiger charge is 2.15. The van der Waals surface area contributed by atoms with Gasteiger partial charge in [-0.05, 0) is 18.2 Å². The summed E-state index contributed by atoms with van der Waals surface area (Å²) >= 11 is 5.89. The number of halogens is 1. The molecule has 0 aliphatic carbocycles. The molecule has 0 bridgehead atoms. The van der Waals surface area contributed by atoms with Gasteiger partial charge in [0.2, 0.25) is 10.0 Å². The number of methoxy groups -OCH3 is 1. The number of ether oxygens (including phenoxy) is 2. The van der Waals surface area contributed by atoms with Crippen LogP contribution in [-0.2, 0) is 19.6 Å². The van der Waals surface area contributed by atoms with Crippen LogP contribution in [0.4, 0.5) is 0 Å². The van der Waals surface area contributed by atoms with E-state index in [1.165, 1.54) is 25.3 Å². The second-order valence-electron chi connectivity index (χ2n) is 3.46. The number of carbonyl (C=O) groups excluding carboxylic acids is 1. The van der Waals surface area contributed by atoms with Crippen molar-refractivity contribution in [2.24, 2.45) is 0 Å². The summed E-state index contributed by atoms with van der Waals surface area (Å²) in [5, 5.41) is 0.0999. The predicted molar refractivity (Wildman–Crippen MR) is 69.8 cm³/mol. The van der Waals surface area contributed by atoms with Gasteiger partial charge < -0.3 is 9.47 Å². The molecule has 6 nitrogen and oxygen atoms in total. The Kier molecular flexibility index (Phi) is 5.59. The van der Waals surface area contributed by atoms with Crippen LogP contribution in [0.1, 0.15) is 6.92 Å². The van der Waals surface area contributed by atoms with Gasteiger partial charge in [0.05, 0.1) is 17.0 Å². The summed E-state index contributed by atoms with van der Waals surface area (Å²) in [6, 6.07) is 3.98. The Morgan fingerprint density at radius 2 is 2.11 bits per heavy atom. The topological polar surface area (TPSA) is 81.7 Å². The van der Waals surface area contributed by atoms with Gasteiger partial charge in [0.15, 0.2) is 6.61 Å². The van der Waals surface area contributed by atoms with Gasteiger partial charge >= 0.3 is 5.97 Å². The molecule has 0 amide bonds. The zero-order chi connectivity index (χ0) is 14.5. The van der Waals surface area contributed by atoms with E-state index in [1.807, 2.05) is 0 Å². The summed E-state index contributed by atoms with van der Waals surface area (Å²) in [5.74, 6) is -0.345. The second kappa shape index (κ2) is 6.74. The molecule has 0 atom stereocenters. The number of nitrogens with one attached hydrogen (secondary N) is 1. The zero-order valence-electron chi connectivity index (χ0n) is 10.5. The second-order valence-corrected chi connectivity index (χ2v) is 5.63. The monoisotopic (exact) mass is 307 g/mol. The summed E-state index contributed by atoms with van der Waals surface area (Å²) in [6.45, 7) is 1.66. The van der Waals surface area contributed by atoms with Crippen molar-refractivity contribution in [3.63, 3.8) is 0 Å². The molecule has 8 heteroatoms. The first-order valence-electron chi connectivity index (χ1n) is 5.39. The Bertz CT molecular complexity index is 558. The SMILES string of the molecule is CCNS(=O)(=O)c1ccc(OCC(=O)OC)c(Cl)c1. The molecule has 106 valence electrons. The first-order valence-corrected chi connectivity index (χ1v) is 7.25. The maximum absolute atomic E-state index is 11.7. The summed E-state index contributed by atoms with van der Waals surface area (Å²) in [4.78, 5) is 10.9. The van der Waals surface area contributed by atoms with Crippen LogP contribution in [0.3, 0.4) is 0 Å². The lowest BCUT2D eigenvalue weighted by Crippen LogP contribution is -2.23. The van der Waals surface area contributed by atoms with Crippen molar-refractivity contribution in [2.75, 3.05) is 20.3 Å². The predicted octanol–water partition coefficient (Wildman–Crippen LogP) is 1.19. The van der Waals surface area contributed by atoms with E-state index in [2.05, 4.69) is 9.46 Å². The lowest BCUT2D eigenvalue weighted by Gasteiger charge is -2.09. The van der Waals surface area contributed by atoms with E-state index in [9.17, 15) is 13.2 Å². The number of hydrogen-bond acceptors (Lipinski definition) is 5. The molecule has 0 unspecified atom stereocenters. The van der Waals surface area contributed by atoms with Gasteiger partial charge in [-0.3, -0.25) is 0 Å². The number of carbonyl (C=O) groups is 1. The van der Waals surface area contributed by atoms with Crippen molar-refractivity contribution in [3.05, 3.63) is 23.2 Å². The molecule has 1 aromatic rings. The molecule has 0 saturated heterocycles. The number of esters is 1. The molecule has 0 aliphatic rings. The van der Waals surface area contributed by atoms with E-state index in [-0.39, 0.29) is 28.8 Å². The van der Waals surface area contributed by atoms with E-state index in [0.29, 0.717) is 0 Å². The minimum absolute atomic E-state index is 0.0322. The molecule has 1 rings (SSSR count). The Labute approximate surface area is 116 Å². The minimum atomic E-state index is -3.57. The maximum Gasteiger partial charge on any atom is 0.343 e. The highest BCUT2D eigenvalue weighted by atomic mass is 35.5. The van der Waals surface area contributed by atoms with Crippen LogP contribution in [0.5, 0.6) is 5.75 Å². The molecular formula is C11H14ClNO5S. The smallest absolute Gasteiger partial charge is 0.343 e. The van der Waals surface area contributed by atoms with Gasteiger partial charge in [0, 0.05) is 6.54 Å². The summed E-state index contributed by atoms with van der Waals surface area (Å²) < 4.78 is 35.3. The van der Waals surface area contributed by atoms with E-state index in [4.69, 9.17) is 16.3 Å². The van der Waals surface area contributed by atoms with Gasteiger partial charge in [-0.2, -0.15) is 0 Å². The standard InChI is InChI=1S/C11H14ClNO5S/c1-3-13-19(15,16)8-4-5-10(9(12)6-8)18-7-11(14)17-2/h4-6,13H,3,7H2,1-2H3. The van der Waals surface area contributed by atoms with E-state index in [0.717, 1.165) is 0 Å². The summed E-state index contributed by atoms with van der Waals surface area (Å²) in [6.07, 6.45) is 0. The van der Waals surface area contributed by atoms with E-state index >= 15 is 0 Å². The normalized spacial score (nSPS) is 11.1. The van der Waals surface area contributed by atoms with Crippen LogP contribution in [0.2, 0.25) is 5.02 Å². The van der Waals surface area contributed by atoms with Crippen molar-refractivity contribution >= 4 is 27.6 Å². The fourth-order valence-corrected chi connectivity index (χ4v) is 2.60. The van der Waals surface area contributed by atoms with Gasteiger partial charge in [0.1, 0.15) is 5.75 Å². The fraction of sp³-hybridized carbons (Fsp3) is 0.364. The number of rotatable bonds is 6. The van der Waals surface area contributed by atoms with Crippen LogP contribution in [0.15, 0.2) is 23.1 Å². The molecule has 1 aromatic carbocycles. The maximum atomic E-state index is 11.7. The van der Waals surface area contributed by atoms with E-state index < -0.39 is 16.0 Å². The lowest BCUT2D eigenvalue weighted by atomic mass is 10.3. The van der Waals surface area contributed by atoms with Crippen molar-refractivity contribution < 1.29 is 22.7 Å². The van der Waals surface area contributed by atoms with Crippen molar-refractivity contribution in [2.45, 2.75) is 11.8 Å². The van der Waals surface area contributed by atoms with Crippen LogP contribution in [-0.4, -0.2) is 34.6 Å². The van der Waals surface area contributed by atoms with Gasteiger partial charge in [-0.1, -0.05) is 18.5 Å². The Balaban J connectivity index is 2.89. The van der Waals surface area contributed by atoms with Crippen molar-refractivity contribution in [1.29, 1.82) is 0 Å². The van der Waals surface area contributed by atoms with Crippen molar-refractivity contribution in [3.8, 4) is 5.75 Å². The number of sulfonamides is 1. The molecule has 0 fully saturated rings. The largest absolute Gasteiger partial charge is 0.480 e. The Hall–Kier alpha value is -1.31. The molecule has 0 heterocycles. The first kappa shape index (κ1) is 15.7. The molecule has 19 heavy (non-hydrogen) atoms. The Morgan fingerprint density at radius 1 is 1.42 bits per heavy atom. The molecule has 0 aromatic heterocycles. The number of benzene rings is 1. The molecule has 0 saturated carbocycles. The minimum Gasteiger partial charge on any atom is -0.480 e. The Morgan fingerprint density at radius 3 is 2.63 bits per heavy atom. The quantitative estimate of drug-likeness (QED) is 0.798. The molecule has 0 spiro atoms. The number of hydrogen-bond donors (Lipinski definition) is 1. The van der Waals surface area contributed by atoms with Gasteiger partial charge in [-0.15, -0.1) is 0 Å². The van der Waals surface area contributed by atoms with Crippen LogP contribution < -0.4 is 9.46 Å². The molecule has 0 radical (unpaired) electrons. The van der Waals surface area contributed by atoms with Crippen molar-refractivity contribution in [1.82, 2.24) is 4.72 Å². The third-order valence-corrected chi connectivity index (χ3v) is 3.96. The molecular weight excluding hydrogens is 294 g/mol. The molecule has 1 N–H and O–H groups in total. The third kappa shape index (κ3) is 4.38. The third-order valence-electron chi connectivity index (χ3n) is 2.12. The average Bonchev–Trinajstić information content (AvgIpc) is 2.36. The summed E-state index contributed by atoms with van der Waals surface area (Å²) in [5.41, 5.74) is 0. The highest BCUT2D eigenvalue weighted by Crippen LogP contribution is 2.27. The average molecular weight is 308 g/mol. The summed E-state index contributed by atoms with van der Waals surface area (Å²) in [7, 11) is -2.33. The zero-order valence-corrected chi connectivity index (χ0v) is 12.0. The highest BCUT2D eigenvalue weighted by molar-refractivity contribution is 7.89. The van der Waals surface area contributed by atoms with E-state index in [1.54, 1.807) is 6.92 Å². The van der Waals surface area contributed by atoms with Gasteiger partial charge in [0.25, 0.3) is 0 Å². The van der Waals surface area contributed by atoms with Gasteiger partial charge in [-0.25, -0.2) is 17.9 Å². The lowest BCUT2D eigenvalue weighted by molar-refractivity contribution is -0.142. The fourth-order valence-electron chi connectivity index (χ4n) is 1.23. The first-order chi connectivity index (χ1) is 8.90. The van der Waals surface area contributed by atoms with Crippen LogP contribution in [0.25, 0.3) is 0 Å². The van der Waals surface area contributed by atoms with Crippen LogP contribution in [0, 0.1) is 0 Å². The van der Waals surface area contributed by atoms with Crippen LogP contribution >= 0.6 is 11.6 Å².